The van der Waals surface area contributed by atoms with Gasteiger partial charge in [0.25, 0.3) is 0 Å². The van der Waals surface area contributed by atoms with Crippen molar-refractivity contribution in [2.24, 2.45) is 0 Å². The molecular weight excluding hydrogens is 178 g/mol. The minimum absolute atomic E-state index is 0.448. The minimum atomic E-state index is -0.863. The molecule has 0 saturated heterocycles. The number of aliphatic carboxylic acids is 1. The van der Waals surface area contributed by atoms with Gasteiger partial charge in [0, 0.05) is 11.9 Å². The first-order valence-corrected chi connectivity index (χ1v) is 4.26. The molecule has 0 bridgehead atoms. The van der Waals surface area contributed by atoms with Gasteiger partial charge in [-0.05, 0) is 18.5 Å². The van der Waals surface area contributed by atoms with Gasteiger partial charge in [-0.2, -0.15) is 0 Å². The summed E-state index contributed by atoms with van der Waals surface area (Å²) in [5.41, 5.74) is 0.771. The average Bonchev–Trinajstić information content (AvgIpc) is 2.51. The fourth-order valence-corrected chi connectivity index (χ4v) is 1.06. The van der Waals surface area contributed by atoms with Crippen LogP contribution in [0.15, 0.2) is 5.38 Å². The van der Waals surface area contributed by atoms with Crippen molar-refractivity contribution in [2.45, 2.75) is 19.5 Å². The lowest BCUT2D eigenvalue weighted by molar-refractivity contribution is -0.139. The van der Waals surface area contributed by atoms with Crippen molar-refractivity contribution >= 4 is 17.5 Å². The SMILES string of the molecule is CC(NCc1csnn1)C(=O)O. The second-order valence-electron chi connectivity index (χ2n) is 2.34. The first-order chi connectivity index (χ1) is 5.70. The van der Waals surface area contributed by atoms with E-state index >= 15 is 0 Å². The van der Waals surface area contributed by atoms with E-state index in [1.54, 1.807) is 12.3 Å². The maximum absolute atomic E-state index is 10.4. The van der Waals surface area contributed by atoms with Crippen LogP contribution in [0.25, 0.3) is 0 Å². The summed E-state index contributed by atoms with van der Waals surface area (Å²) in [7, 11) is 0. The number of carboxylic acid groups (broad SMARTS) is 1. The summed E-state index contributed by atoms with van der Waals surface area (Å²) in [6.07, 6.45) is 0. The molecule has 1 heterocycles. The summed E-state index contributed by atoms with van der Waals surface area (Å²) >= 11 is 1.25. The minimum Gasteiger partial charge on any atom is -0.480 e. The van der Waals surface area contributed by atoms with Crippen molar-refractivity contribution < 1.29 is 9.90 Å². The molecule has 1 aromatic heterocycles. The maximum atomic E-state index is 10.4. The molecule has 0 amide bonds. The highest BCUT2D eigenvalue weighted by Crippen LogP contribution is 1.96. The molecule has 66 valence electrons. The van der Waals surface area contributed by atoms with Crippen LogP contribution in [0.3, 0.4) is 0 Å². The number of carbonyl (C=O) groups is 1. The zero-order valence-electron chi connectivity index (χ0n) is 6.52. The smallest absolute Gasteiger partial charge is 0.320 e. The zero-order chi connectivity index (χ0) is 8.97. The molecule has 0 aliphatic carbocycles. The van der Waals surface area contributed by atoms with E-state index in [2.05, 4.69) is 14.9 Å². The fraction of sp³-hybridized carbons (Fsp3) is 0.500. The van der Waals surface area contributed by atoms with E-state index in [0.717, 1.165) is 5.69 Å². The summed E-state index contributed by atoms with van der Waals surface area (Å²) in [5, 5.41) is 16.8. The predicted octanol–water partition coefficient (Wildman–Crippen LogP) is 0.101. The number of aromatic nitrogens is 2. The molecular formula is C6H9N3O2S. The number of hydrogen-bond acceptors (Lipinski definition) is 5. The van der Waals surface area contributed by atoms with Crippen LogP contribution in [0.5, 0.6) is 0 Å². The van der Waals surface area contributed by atoms with Gasteiger partial charge in [-0.3, -0.25) is 10.1 Å². The van der Waals surface area contributed by atoms with Crippen LogP contribution in [0.2, 0.25) is 0 Å². The van der Waals surface area contributed by atoms with Crippen LogP contribution < -0.4 is 5.32 Å². The van der Waals surface area contributed by atoms with E-state index in [1.165, 1.54) is 11.5 Å². The van der Waals surface area contributed by atoms with Crippen molar-refractivity contribution in [3.8, 4) is 0 Å². The van der Waals surface area contributed by atoms with Crippen molar-refractivity contribution in [1.29, 1.82) is 0 Å². The Kier molecular flexibility index (Phi) is 3.12. The van der Waals surface area contributed by atoms with E-state index in [4.69, 9.17) is 5.11 Å². The molecule has 0 fully saturated rings. The second-order valence-corrected chi connectivity index (χ2v) is 2.95. The highest BCUT2D eigenvalue weighted by Gasteiger charge is 2.09. The quantitative estimate of drug-likeness (QED) is 0.699. The van der Waals surface area contributed by atoms with Crippen LogP contribution in [-0.4, -0.2) is 26.7 Å². The third-order valence-corrected chi connectivity index (χ3v) is 1.92. The van der Waals surface area contributed by atoms with E-state index in [1.807, 2.05) is 0 Å². The van der Waals surface area contributed by atoms with Crippen LogP contribution in [0.4, 0.5) is 0 Å². The lowest BCUT2D eigenvalue weighted by atomic mass is 10.3. The molecule has 12 heavy (non-hydrogen) atoms. The Morgan fingerprint density at radius 3 is 3.17 bits per heavy atom. The van der Waals surface area contributed by atoms with E-state index in [0.29, 0.717) is 6.54 Å². The number of hydrogen-bond donors (Lipinski definition) is 2. The predicted molar refractivity (Wildman–Crippen MR) is 43.8 cm³/mol. The molecule has 1 unspecified atom stereocenters. The summed E-state index contributed by atoms with van der Waals surface area (Å²) in [4.78, 5) is 10.4. The molecule has 1 aromatic rings. The molecule has 0 spiro atoms. The van der Waals surface area contributed by atoms with Gasteiger partial charge < -0.3 is 5.11 Å². The molecule has 6 heteroatoms. The van der Waals surface area contributed by atoms with Gasteiger partial charge in [0.05, 0.1) is 5.69 Å². The standard InChI is InChI=1S/C6H9N3O2S/c1-4(6(10)11)7-2-5-3-12-9-8-5/h3-4,7H,2H2,1H3,(H,10,11). The zero-order valence-corrected chi connectivity index (χ0v) is 7.34. The molecule has 0 aliphatic heterocycles. The van der Waals surface area contributed by atoms with Gasteiger partial charge >= 0.3 is 5.97 Å². The second kappa shape index (κ2) is 4.13. The van der Waals surface area contributed by atoms with Gasteiger partial charge in [-0.25, -0.2) is 0 Å². The third kappa shape index (κ3) is 2.55. The van der Waals surface area contributed by atoms with Crippen LogP contribution in [0.1, 0.15) is 12.6 Å². The van der Waals surface area contributed by atoms with Crippen LogP contribution in [-0.2, 0) is 11.3 Å². The highest BCUT2D eigenvalue weighted by molar-refractivity contribution is 7.03. The molecule has 0 aliphatic rings. The van der Waals surface area contributed by atoms with Gasteiger partial charge in [-0.15, -0.1) is 5.10 Å². The molecule has 0 saturated carbocycles. The fourth-order valence-electron chi connectivity index (χ4n) is 0.606. The molecule has 2 N–H and O–H groups in total. The molecule has 0 radical (unpaired) electrons. The average molecular weight is 187 g/mol. The Bertz CT molecular complexity index is 249. The van der Waals surface area contributed by atoms with Crippen molar-refractivity contribution in [1.82, 2.24) is 14.9 Å². The molecule has 1 rings (SSSR count). The Hall–Kier alpha value is -1.01. The first kappa shape index (κ1) is 9.08. The lowest BCUT2D eigenvalue weighted by Crippen LogP contribution is -2.33. The first-order valence-electron chi connectivity index (χ1n) is 3.42. The maximum Gasteiger partial charge on any atom is 0.320 e. The lowest BCUT2D eigenvalue weighted by Gasteiger charge is -2.05. The number of carboxylic acids is 1. The topological polar surface area (TPSA) is 75.1 Å². The molecule has 1 atom stereocenters. The van der Waals surface area contributed by atoms with E-state index in [9.17, 15) is 4.79 Å². The Labute approximate surface area is 73.6 Å². The van der Waals surface area contributed by atoms with E-state index < -0.39 is 12.0 Å². The van der Waals surface area contributed by atoms with Crippen LogP contribution >= 0.6 is 11.5 Å². The Morgan fingerprint density at radius 1 is 1.92 bits per heavy atom. The monoisotopic (exact) mass is 187 g/mol. The number of nitrogens with zero attached hydrogens (tertiary/aromatic N) is 2. The normalized spacial score (nSPS) is 12.8. The highest BCUT2D eigenvalue weighted by atomic mass is 32.1. The van der Waals surface area contributed by atoms with Gasteiger partial charge in [0.1, 0.15) is 6.04 Å². The third-order valence-electron chi connectivity index (χ3n) is 1.36. The van der Waals surface area contributed by atoms with Gasteiger partial charge in [0.2, 0.25) is 0 Å². The summed E-state index contributed by atoms with van der Waals surface area (Å²) in [6, 6.07) is -0.549. The summed E-state index contributed by atoms with van der Waals surface area (Å²) in [5.74, 6) is -0.863. The van der Waals surface area contributed by atoms with Gasteiger partial charge in [-0.1, -0.05) is 4.49 Å². The summed E-state index contributed by atoms with van der Waals surface area (Å²) in [6.45, 7) is 2.03. The van der Waals surface area contributed by atoms with Crippen molar-refractivity contribution in [2.75, 3.05) is 0 Å². The molecule has 0 aromatic carbocycles. The van der Waals surface area contributed by atoms with E-state index in [-0.39, 0.29) is 0 Å². The Morgan fingerprint density at radius 2 is 2.67 bits per heavy atom. The van der Waals surface area contributed by atoms with Crippen LogP contribution in [0, 0.1) is 0 Å². The van der Waals surface area contributed by atoms with Crippen molar-refractivity contribution in [3.05, 3.63) is 11.1 Å². The van der Waals surface area contributed by atoms with Crippen molar-refractivity contribution in [3.63, 3.8) is 0 Å². The Balaban J connectivity index is 2.31. The number of nitrogens with one attached hydrogen (secondary N) is 1. The van der Waals surface area contributed by atoms with Gasteiger partial charge in [0.15, 0.2) is 0 Å². The molecule has 5 nitrogen and oxygen atoms in total. The summed E-state index contributed by atoms with van der Waals surface area (Å²) < 4.78 is 3.65. The number of rotatable bonds is 4. The largest absolute Gasteiger partial charge is 0.480 e.